The van der Waals surface area contributed by atoms with Gasteiger partial charge in [0, 0.05) is 18.8 Å². The van der Waals surface area contributed by atoms with E-state index in [9.17, 15) is 0 Å². The second-order valence-electron chi connectivity index (χ2n) is 14.3. The highest BCUT2D eigenvalue weighted by Gasteiger charge is 2.28. The smallest absolute Gasteiger partial charge is 0.0341 e. The monoisotopic (exact) mass is 666 g/mol. The van der Waals surface area contributed by atoms with E-state index >= 15 is 0 Å². The first kappa shape index (κ1) is 42.1. The van der Waals surface area contributed by atoms with E-state index < -0.39 is 0 Å². The molecule has 3 heteroatoms. The third-order valence-corrected chi connectivity index (χ3v) is 9.99. The number of benzene rings is 2. The average Bonchev–Trinajstić information content (AvgIpc) is 3.29. The number of aryl methyl sites for hydroxylation is 2. The zero-order valence-corrected chi connectivity index (χ0v) is 33.4. The number of nitrogens with one attached hydrogen (secondary N) is 1. The molecule has 0 aromatic heterocycles. The maximum atomic E-state index is 4.39. The zero-order valence-electron chi connectivity index (χ0n) is 33.4. The van der Waals surface area contributed by atoms with Crippen LogP contribution < -0.4 is 5.32 Å². The number of allylic oxidation sites excluding steroid dienone is 3. The number of piperidine rings is 2. The third kappa shape index (κ3) is 13.3. The number of hydrogen-bond acceptors (Lipinski definition) is 3. The lowest BCUT2D eigenvalue weighted by molar-refractivity contribution is 0.141. The Morgan fingerprint density at radius 1 is 0.898 bits per heavy atom. The number of likely N-dealkylation sites (tertiary alicyclic amines) is 2. The summed E-state index contributed by atoms with van der Waals surface area (Å²) in [4.78, 5) is 5.07. The van der Waals surface area contributed by atoms with Gasteiger partial charge in [0.25, 0.3) is 0 Å². The quantitative estimate of drug-likeness (QED) is 0.269. The highest BCUT2D eigenvalue weighted by molar-refractivity contribution is 5.81. The van der Waals surface area contributed by atoms with E-state index in [1.165, 1.54) is 96.2 Å². The Labute approximate surface area is 303 Å². The lowest BCUT2D eigenvalue weighted by atomic mass is 9.80. The van der Waals surface area contributed by atoms with Crippen LogP contribution in [-0.2, 0) is 6.42 Å². The standard InChI is InChI=1S/C39H51N3.C3H8.2C2H6/c1-29-10-7-8-13-37(29)38-26-34(12-9-11-30(38)2)27-42-20-16-33(17-21-42)25-35-14-15-36(24-31(35)3)32(4)40-28-39(5)18-22-41(6)23-19-39;1-3-2;2*1-2/h7-8,10-15,24,26,33,40H,4,16-23,25,27-28H2,1-3,5-6H3;3H2,1-2H3;2*1-2H3. The van der Waals surface area contributed by atoms with Crippen LogP contribution in [0.3, 0.4) is 0 Å². The Hall–Kier alpha value is -3.10. The molecule has 2 saturated heterocycles. The molecular weight excluding hydrogens is 595 g/mol. The predicted octanol–water partition coefficient (Wildman–Crippen LogP) is 11.4. The van der Waals surface area contributed by atoms with E-state index in [1.807, 2.05) is 27.7 Å². The van der Waals surface area contributed by atoms with E-state index in [2.05, 4.69) is 137 Å². The molecule has 3 aliphatic rings. The van der Waals surface area contributed by atoms with Crippen LogP contribution in [-0.4, -0.2) is 56.1 Å². The van der Waals surface area contributed by atoms with Gasteiger partial charge in [-0.25, -0.2) is 0 Å². The lowest BCUT2D eigenvalue weighted by Gasteiger charge is -2.38. The van der Waals surface area contributed by atoms with Gasteiger partial charge >= 0.3 is 0 Å². The maximum absolute atomic E-state index is 4.39. The molecule has 0 radical (unpaired) electrons. The summed E-state index contributed by atoms with van der Waals surface area (Å²) in [6, 6.07) is 15.7. The molecule has 5 rings (SSSR count). The molecule has 1 N–H and O–H groups in total. The SMILES string of the molecule is C=C(NCC1(C)CCN(C)CC1)c1ccc(CC2CCN(CC3=CC(c4ccccc4C)=C(C)C=C=C3)CC2)c(C)c1.CC.CC.CCC. The molecule has 2 aromatic carbocycles. The van der Waals surface area contributed by atoms with Gasteiger partial charge in [-0.2, -0.15) is 0 Å². The van der Waals surface area contributed by atoms with E-state index in [0.717, 1.165) is 37.8 Å². The predicted molar refractivity (Wildman–Crippen MR) is 219 cm³/mol. The van der Waals surface area contributed by atoms with Crippen molar-refractivity contribution in [1.29, 1.82) is 0 Å². The van der Waals surface area contributed by atoms with Crippen LogP contribution >= 0.6 is 0 Å². The number of nitrogens with zero attached hydrogens (tertiary/aromatic N) is 2. The first-order valence-electron chi connectivity index (χ1n) is 19.4. The zero-order chi connectivity index (χ0) is 36.4. The van der Waals surface area contributed by atoms with Gasteiger partial charge in [-0.15, -0.1) is 5.73 Å². The van der Waals surface area contributed by atoms with Crippen molar-refractivity contribution in [2.75, 3.05) is 46.3 Å². The highest BCUT2D eigenvalue weighted by Crippen LogP contribution is 2.31. The third-order valence-electron chi connectivity index (χ3n) is 9.99. The van der Waals surface area contributed by atoms with Crippen molar-refractivity contribution < 1.29 is 0 Å². The van der Waals surface area contributed by atoms with E-state index in [0.29, 0.717) is 5.41 Å². The summed E-state index contributed by atoms with van der Waals surface area (Å²) in [6.07, 6.45) is 14.1. The second-order valence-corrected chi connectivity index (χ2v) is 14.3. The lowest BCUT2D eigenvalue weighted by Crippen LogP contribution is -2.41. The van der Waals surface area contributed by atoms with Crippen LogP contribution in [0.4, 0.5) is 0 Å². The van der Waals surface area contributed by atoms with E-state index in [4.69, 9.17) is 0 Å². The summed E-state index contributed by atoms with van der Waals surface area (Å²) in [5.41, 5.74) is 15.6. The molecule has 2 heterocycles. The van der Waals surface area contributed by atoms with Crippen molar-refractivity contribution in [3.8, 4) is 0 Å². The topological polar surface area (TPSA) is 18.5 Å². The number of rotatable bonds is 9. The van der Waals surface area contributed by atoms with Crippen LogP contribution in [0, 0.1) is 25.2 Å². The molecule has 0 amide bonds. The summed E-state index contributed by atoms with van der Waals surface area (Å²) in [7, 11) is 2.23. The molecule has 0 bridgehead atoms. The Kier molecular flexibility index (Phi) is 18.8. The van der Waals surface area contributed by atoms with Crippen LogP contribution in [0.25, 0.3) is 11.3 Å². The fourth-order valence-electron chi connectivity index (χ4n) is 6.74. The molecule has 0 spiro atoms. The van der Waals surface area contributed by atoms with E-state index in [1.54, 1.807) is 0 Å². The molecule has 2 fully saturated rings. The Morgan fingerprint density at radius 2 is 1.53 bits per heavy atom. The first-order valence-corrected chi connectivity index (χ1v) is 19.4. The van der Waals surface area contributed by atoms with Gasteiger partial charge in [-0.3, -0.25) is 4.90 Å². The van der Waals surface area contributed by atoms with E-state index in [-0.39, 0.29) is 0 Å². The molecule has 0 unspecified atom stereocenters. The number of hydrogen-bond donors (Lipinski definition) is 1. The Balaban J connectivity index is 0.00000111. The van der Waals surface area contributed by atoms with Crippen LogP contribution in [0.5, 0.6) is 0 Å². The van der Waals surface area contributed by atoms with Gasteiger partial charge in [0.1, 0.15) is 0 Å². The van der Waals surface area contributed by atoms with Crippen LogP contribution in [0.2, 0.25) is 0 Å². The molecule has 0 saturated carbocycles. The highest BCUT2D eigenvalue weighted by atomic mass is 15.1. The van der Waals surface area contributed by atoms with Gasteiger partial charge in [0.05, 0.1) is 0 Å². The molecule has 3 nitrogen and oxygen atoms in total. The van der Waals surface area contributed by atoms with Crippen molar-refractivity contribution in [3.05, 3.63) is 112 Å². The largest absolute Gasteiger partial charge is 0.384 e. The average molecular weight is 666 g/mol. The van der Waals surface area contributed by atoms with Gasteiger partial charge < -0.3 is 10.2 Å². The summed E-state index contributed by atoms with van der Waals surface area (Å²) < 4.78 is 0. The fourth-order valence-corrected chi connectivity index (χ4v) is 6.74. The summed E-state index contributed by atoms with van der Waals surface area (Å²) in [6.45, 7) is 32.4. The molecule has 1 aliphatic carbocycles. The first-order chi connectivity index (χ1) is 23.6. The van der Waals surface area contributed by atoms with Crippen molar-refractivity contribution in [3.63, 3.8) is 0 Å². The summed E-state index contributed by atoms with van der Waals surface area (Å²) in [5, 5.41) is 3.68. The van der Waals surface area contributed by atoms with Crippen LogP contribution in [0.1, 0.15) is 115 Å². The molecule has 2 aliphatic heterocycles. The second kappa shape index (κ2) is 21.9. The van der Waals surface area contributed by atoms with Crippen molar-refractivity contribution in [2.24, 2.45) is 11.3 Å². The minimum Gasteiger partial charge on any atom is -0.384 e. The normalized spacial score (nSPS) is 17.7. The summed E-state index contributed by atoms with van der Waals surface area (Å²) in [5.74, 6) is 0.750. The molecule has 49 heavy (non-hydrogen) atoms. The molecular formula is C46H71N3. The van der Waals surface area contributed by atoms with Gasteiger partial charge in [0.15, 0.2) is 0 Å². The van der Waals surface area contributed by atoms with Crippen molar-refractivity contribution in [1.82, 2.24) is 15.1 Å². The van der Waals surface area contributed by atoms with Crippen LogP contribution in [0.15, 0.2) is 84.1 Å². The Morgan fingerprint density at radius 3 is 2.14 bits per heavy atom. The van der Waals surface area contributed by atoms with Gasteiger partial charge in [-0.1, -0.05) is 97.9 Å². The minimum atomic E-state index is 0.359. The van der Waals surface area contributed by atoms with Crippen molar-refractivity contribution >= 4 is 11.3 Å². The maximum Gasteiger partial charge on any atom is 0.0341 e. The van der Waals surface area contributed by atoms with Crippen molar-refractivity contribution in [2.45, 2.75) is 108 Å². The Bertz CT molecular complexity index is 1420. The molecule has 2 aromatic rings. The van der Waals surface area contributed by atoms with Gasteiger partial charge in [-0.05, 0) is 166 Å². The molecule has 270 valence electrons. The molecule has 0 atom stereocenters. The summed E-state index contributed by atoms with van der Waals surface area (Å²) >= 11 is 0. The fraction of sp³-hybridized carbons (Fsp3) is 0.543. The minimum absolute atomic E-state index is 0.359. The van der Waals surface area contributed by atoms with Gasteiger partial charge in [0.2, 0.25) is 0 Å².